The maximum absolute atomic E-state index is 12.8. The van der Waals surface area contributed by atoms with E-state index in [9.17, 15) is 9.59 Å². The predicted octanol–water partition coefficient (Wildman–Crippen LogP) is 3.92. The second kappa shape index (κ2) is 9.08. The average Bonchev–Trinajstić information content (AvgIpc) is 3.19. The molecule has 4 rings (SSSR count). The van der Waals surface area contributed by atoms with Crippen LogP contribution in [0.25, 0.3) is 10.8 Å². The van der Waals surface area contributed by atoms with Gasteiger partial charge in [-0.3, -0.25) is 9.59 Å². The lowest BCUT2D eigenvalue weighted by atomic mass is 10.1. The largest absolute Gasteiger partial charge is 0.497 e. The summed E-state index contributed by atoms with van der Waals surface area (Å²) in [4.78, 5) is 27.0. The van der Waals surface area contributed by atoms with Gasteiger partial charge in [0, 0.05) is 19.5 Å². The van der Waals surface area contributed by atoms with Crippen molar-refractivity contribution >= 4 is 28.3 Å². The first-order chi connectivity index (χ1) is 15.1. The Hall–Kier alpha value is -3.54. The molecule has 1 heterocycles. The summed E-state index contributed by atoms with van der Waals surface area (Å²) in [6, 6.07) is 19.4. The van der Waals surface area contributed by atoms with Gasteiger partial charge in [0.25, 0.3) is 0 Å². The molecule has 1 fully saturated rings. The topological polar surface area (TPSA) is 67.9 Å². The van der Waals surface area contributed by atoms with E-state index < -0.39 is 0 Å². The molecule has 2 amide bonds. The Morgan fingerprint density at radius 3 is 2.68 bits per heavy atom. The molecule has 0 saturated carbocycles. The standard InChI is InChI=1S/C25H26N2O4/c1-3-31-23-7-5-4-6-22(23)27-16-20(14-24(27)28)25(29)26-15-17-8-9-19-13-21(30-2)11-10-18(19)12-17/h4-13,20H,3,14-16H2,1-2H3,(H,26,29). The number of hydrogen-bond donors (Lipinski definition) is 1. The van der Waals surface area contributed by atoms with Crippen molar-refractivity contribution in [3.63, 3.8) is 0 Å². The third-order valence-electron chi connectivity index (χ3n) is 5.53. The summed E-state index contributed by atoms with van der Waals surface area (Å²) in [7, 11) is 1.65. The fourth-order valence-corrected chi connectivity index (χ4v) is 3.92. The van der Waals surface area contributed by atoms with Crippen LogP contribution >= 0.6 is 0 Å². The van der Waals surface area contributed by atoms with Crippen LogP contribution in [-0.4, -0.2) is 32.1 Å². The summed E-state index contributed by atoms with van der Waals surface area (Å²) >= 11 is 0. The zero-order valence-electron chi connectivity index (χ0n) is 17.8. The van der Waals surface area contributed by atoms with Crippen molar-refractivity contribution in [3.8, 4) is 11.5 Å². The highest BCUT2D eigenvalue weighted by Crippen LogP contribution is 2.33. The number of ether oxygens (including phenoxy) is 2. The molecule has 1 unspecified atom stereocenters. The highest BCUT2D eigenvalue weighted by Gasteiger charge is 2.36. The number of para-hydroxylation sites is 2. The number of nitrogens with one attached hydrogen (secondary N) is 1. The maximum Gasteiger partial charge on any atom is 0.227 e. The number of amides is 2. The second-order valence-corrected chi connectivity index (χ2v) is 7.57. The molecule has 6 nitrogen and oxygen atoms in total. The molecule has 31 heavy (non-hydrogen) atoms. The highest BCUT2D eigenvalue weighted by molar-refractivity contribution is 6.01. The first-order valence-corrected chi connectivity index (χ1v) is 10.5. The van der Waals surface area contributed by atoms with E-state index in [4.69, 9.17) is 9.47 Å². The number of carbonyl (C=O) groups is 2. The van der Waals surface area contributed by atoms with Crippen LogP contribution in [0.4, 0.5) is 5.69 Å². The van der Waals surface area contributed by atoms with Crippen molar-refractivity contribution in [3.05, 3.63) is 66.2 Å². The molecule has 0 aliphatic carbocycles. The van der Waals surface area contributed by atoms with Crippen molar-refractivity contribution < 1.29 is 19.1 Å². The summed E-state index contributed by atoms with van der Waals surface area (Å²) < 4.78 is 10.9. The van der Waals surface area contributed by atoms with Gasteiger partial charge in [-0.1, -0.05) is 30.3 Å². The van der Waals surface area contributed by atoms with Gasteiger partial charge >= 0.3 is 0 Å². The average molecular weight is 418 g/mol. The molecular formula is C25H26N2O4. The molecule has 1 aliphatic rings. The molecule has 1 saturated heterocycles. The van der Waals surface area contributed by atoms with Gasteiger partial charge in [0.1, 0.15) is 11.5 Å². The Morgan fingerprint density at radius 1 is 1.10 bits per heavy atom. The zero-order valence-corrected chi connectivity index (χ0v) is 17.8. The normalized spacial score (nSPS) is 15.9. The monoisotopic (exact) mass is 418 g/mol. The first kappa shape index (κ1) is 20.7. The van der Waals surface area contributed by atoms with Gasteiger partial charge in [0.05, 0.1) is 25.3 Å². The Bertz CT molecular complexity index is 1110. The van der Waals surface area contributed by atoms with E-state index in [0.29, 0.717) is 25.4 Å². The maximum atomic E-state index is 12.8. The van der Waals surface area contributed by atoms with Crippen molar-refractivity contribution in [2.45, 2.75) is 19.9 Å². The summed E-state index contributed by atoms with van der Waals surface area (Å²) in [5.41, 5.74) is 1.73. The second-order valence-electron chi connectivity index (χ2n) is 7.57. The Morgan fingerprint density at radius 2 is 1.87 bits per heavy atom. The number of methoxy groups -OCH3 is 1. The lowest BCUT2D eigenvalue weighted by molar-refractivity contribution is -0.126. The SMILES string of the molecule is CCOc1ccccc1N1CC(C(=O)NCc2ccc3cc(OC)ccc3c2)CC1=O. The zero-order chi connectivity index (χ0) is 21.8. The molecule has 0 aromatic heterocycles. The minimum Gasteiger partial charge on any atom is -0.497 e. The van der Waals surface area contributed by atoms with Gasteiger partial charge in [0.2, 0.25) is 11.8 Å². The minimum atomic E-state index is -0.382. The summed E-state index contributed by atoms with van der Waals surface area (Å²) in [5.74, 6) is 0.917. The van der Waals surface area contributed by atoms with Crippen LogP contribution in [0, 0.1) is 5.92 Å². The number of rotatable bonds is 7. The van der Waals surface area contributed by atoms with Crippen LogP contribution in [0.5, 0.6) is 11.5 Å². The molecule has 1 atom stereocenters. The quantitative estimate of drug-likeness (QED) is 0.632. The van der Waals surface area contributed by atoms with Gasteiger partial charge < -0.3 is 19.7 Å². The third kappa shape index (κ3) is 4.48. The van der Waals surface area contributed by atoms with Crippen molar-refractivity contribution in [1.29, 1.82) is 0 Å². The van der Waals surface area contributed by atoms with Crippen LogP contribution in [0.15, 0.2) is 60.7 Å². The number of carbonyl (C=O) groups excluding carboxylic acids is 2. The molecule has 160 valence electrons. The van der Waals surface area contributed by atoms with Crippen LogP contribution in [0.2, 0.25) is 0 Å². The van der Waals surface area contributed by atoms with Gasteiger partial charge in [-0.2, -0.15) is 0 Å². The van der Waals surface area contributed by atoms with Crippen LogP contribution in [0.3, 0.4) is 0 Å². The molecule has 6 heteroatoms. The first-order valence-electron chi connectivity index (χ1n) is 10.5. The molecule has 1 N–H and O–H groups in total. The van der Waals surface area contributed by atoms with Crippen molar-refractivity contribution in [1.82, 2.24) is 5.32 Å². The molecule has 1 aliphatic heterocycles. The van der Waals surface area contributed by atoms with E-state index in [0.717, 1.165) is 27.8 Å². The fourth-order valence-electron chi connectivity index (χ4n) is 3.92. The van der Waals surface area contributed by atoms with Gasteiger partial charge in [-0.15, -0.1) is 0 Å². The van der Waals surface area contributed by atoms with Gasteiger partial charge in [-0.05, 0) is 53.6 Å². The molecule has 0 spiro atoms. The molecule has 3 aromatic carbocycles. The highest BCUT2D eigenvalue weighted by atomic mass is 16.5. The Balaban J connectivity index is 1.40. The van der Waals surface area contributed by atoms with E-state index in [1.165, 1.54) is 0 Å². The summed E-state index contributed by atoms with van der Waals surface area (Å²) in [6.45, 7) is 3.19. The van der Waals surface area contributed by atoms with Crippen LogP contribution in [0.1, 0.15) is 18.9 Å². The molecule has 0 radical (unpaired) electrons. The number of benzene rings is 3. The summed E-state index contributed by atoms with van der Waals surface area (Å²) in [6.07, 6.45) is 0.198. The Labute approximate surface area is 181 Å². The minimum absolute atomic E-state index is 0.0630. The van der Waals surface area contributed by atoms with E-state index in [2.05, 4.69) is 11.4 Å². The number of fused-ring (bicyclic) bond motifs is 1. The van der Waals surface area contributed by atoms with E-state index in [-0.39, 0.29) is 24.2 Å². The fraction of sp³-hybridized carbons (Fsp3) is 0.280. The van der Waals surface area contributed by atoms with Crippen molar-refractivity contribution in [2.75, 3.05) is 25.2 Å². The van der Waals surface area contributed by atoms with Crippen LogP contribution in [-0.2, 0) is 16.1 Å². The van der Waals surface area contributed by atoms with E-state index >= 15 is 0 Å². The smallest absolute Gasteiger partial charge is 0.227 e. The van der Waals surface area contributed by atoms with E-state index in [1.54, 1.807) is 12.0 Å². The number of anilines is 1. The molecule has 0 bridgehead atoms. The summed E-state index contributed by atoms with van der Waals surface area (Å²) in [5, 5.41) is 5.15. The van der Waals surface area contributed by atoms with E-state index in [1.807, 2.05) is 61.5 Å². The molecule has 3 aromatic rings. The van der Waals surface area contributed by atoms with Gasteiger partial charge in [0.15, 0.2) is 0 Å². The Kier molecular flexibility index (Phi) is 6.07. The lowest BCUT2D eigenvalue weighted by Crippen LogP contribution is -2.32. The number of hydrogen-bond acceptors (Lipinski definition) is 4. The van der Waals surface area contributed by atoms with Crippen LogP contribution < -0.4 is 19.7 Å². The predicted molar refractivity (Wildman–Crippen MR) is 120 cm³/mol. The number of nitrogens with zero attached hydrogens (tertiary/aromatic N) is 1. The third-order valence-corrected chi connectivity index (χ3v) is 5.53. The lowest BCUT2D eigenvalue weighted by Gasteiger charge is -2.20. The van der Waals surface area contributed by atoms with Crippen molar-refractivity contribution in [2.24, 2.45) is 5.92 Å². The molecular weight excluding hydrogens is 392 g/mol. The van der Waals surface area contributed by atoms with Gasteiger partial charge in [-0.25, -0.2) is 0 Å².